The second-order valence-corrected chi connectivity index (χ2v) is 11.0. The lowest BCUT2D eigenvalue weighted by Gasteiger charge is -2.40. The topological polar surface area (TPSA) is 64.7 Å². The first-order valence-corrected chi connectivity index (χ1v) is 13.3. The van der Waals surface area contributed by atoms with Gasteiger partial charge in [-0.3, -0.25) is 19.4 Å². The van der Waals surface area contributed by atoms with Crippen molar-refractivity contribution in [2.45, 2.75) is 115 Å². The van der Waals surface area contributed by atoms with Crippen molar-refractivity contribution in [3.63, 3.8) is 0 Å². The van der Waals surface area contributed by atoms with E-state index in [1.54, 1.807) is 6.07 Å². The number of nitrogens with one attached hydrogen (secondary N) is 2. The Kier molecular flexibility index (Phi) is 9.55. The molecular weight excluding hydrogens is 424 g/mol. The molecule has 3 rings (SSSR count). The Morgan fingerprint density at radius 2 is 1.12 bits per heavy atom. The highest BCUT2D eigenvalue weighted by atomic mass is 16.2. The van der Waals surface area contributed by atoms with Gasteiger partial charge in [0, 0.05) is 47.4 Å². The van der Waals surface area contributed by atoms with Crippen molar-refractivity contribution in [2.75, 3.05) is 14.1 Å². The maximum Gasteiger partial charge on any atom is 0.251 e. The molecule has 34 heavy (non-hydrogen) atoms. The van der Waals surface area contributed by atoms with Gasteiger partial charge in [0.25, 0.3) is 11.8 Å². The van der Waals surface area contributed by atoms with Crippen LogP contribution in [0.4, 0.5) is 0 Å². The summed E-state index contributed by atoms with van der Waals surface area (Å²) in [4.78, 5) is 31.1. The van der Waals surface area contributed by atoms with Crippen LogP contribution in [-0.4, -0.2) is 72.0 Å². The molecular formula is C28H46N4O2. The molecule has 6 nitrogen and oxygen atoms in total. The molecule has 0 heterocycles. The molecule has 190 valence electrons. The van der Waals surface area contributed by atoms with Crippen LogP contribution in [0.1, 0.15) is 99.8 Å². The van der Waals surface area contributed by atoms with Gasteiger partial charge in [0.05, 0.1) is 0 Å². The van der Waals surface area contributed by atoms with Crippen molar-refractivity contribution in [3.8, 4) is 0 Å². The van der Waals surface area contributed by atoms with Gasteiger partial charge in [0.15, 0.2) is 0 Å². The van der Waals surface area contributed by atoms with Crippen LogP contribution in [0.2, 0.25) is 0 Å². The summed E-state index contributed by atoms with van der Waals surface area (Å²) in [5, 5.41) is 6.57. The molecule has 2 N–H and O–H groups in total. The van der Waals surface area contributed by atoms with E-state index in [0.717, 1.165) is 38.5 Å². The standard InChI is InChI=1S/C28H46N4O2/c1-19(2)31(5)25-16-9-7-14-23(25)29-27(33)21-12-11-13-22(18-21)28(34)30-24-15-8-10-17-26(24)32(6)20(3)4/h11-13,18-20,23-26H,7-10,14-17H2,1-6H3,(H,29,33)(H,30,34)/t23-,24-,25-,26-/m1/s1. The Morgan fingerprint density at radius 3 is 1.50 bits per heavy atom. The first kappa shape index (κ1) is 26.7. The highest BCUT2D eigenvalue weighted by Crippen LogP contribution is 2.25. The molecule has 2 aliphatic carbocycles. The molecule has 0 radical (unpaired) electrons. The summed E-state index contributed by atoms with van der Waals surface area (Å²) in [5.74, 6) is -0.169. The van der Waals surface area contributed by atoms with Crippen LogP contribution in [0.5, 0.6) is 0 Å². The fourth-order valence-electron chi connectivity index (χ4n) is 5.61. The van der Waals surface area contributed by atoms with Crippen LogP contribution in [-0.2, 0) is 0 Å². The highest BCUT2D eigenvalue weighted by molar-refractivity contribution is 5.99. The second kappa shape index (κ2) is 12.2. The maximum atomic E-state index is 13.2. The van der Waals surface area contributed by atoms with Crippen LogP contribution >= 0.6 is 0 Å². The summed E-state index contributed by atoms with van der Waals surface area (Å²) in [7, 11) is 4.31. The molecule has 1 aromatic carbocycles. The Labute approximate surface area is 206 Å². The minimum absolute atomic E-state index is 0.0845. The lowest BCUT2D eigenvalue weighted by molar-refractivity contribution is 0.0825. The van der Waals surface area contributed by atoms with E-state index in [0.29, 0.717) is 35.3 Å². The number of rotatable bonds is 8. The Morgan fingerprint density at radius 1 is 0.735 bits per heavy atom. The van der Waals surface area contributed by atoms with E-state index < -0.39 is 0 Å². The lowest BCUT2D eigenvalue weighted by atomic mass is 9.88. The largest absolute Gasteiger partial charge is 0.348 e. The average molecular weight is 471 g/mol. The van der Waals surface area contributed by atoms with E-state index in [2.05, 4.69) is 62.2 Å². The van der Waals surface area contributed by atoms with Crippen LogP contribution in [0, 0.1) is 0 Å². The first-order chi connectivity index (χ1) is 16.2. The highest BCUT2D eigenvalue weighted by Gasteiger charge is 2.32. The number of likely N-dealkylation sites (N-methyl/N-ethyl adjacent to an activating group) is 2. The van der Waals surface area contributed by atoms with E-state index in [1.165, 1.54) is 12.8 Å². The summed E-state index contributed by atoms with van der Waals surface area (Å²) < 4.78 is 0. The molecule has 4 atom stereocenters. The quantitative estimate of drug-likeness (QED) is 0.589. The van der Waals surface area contributed by atoms with Gasteiger partial charge in [0.1, 0.15) is 0 Å². The van der Waals surface area contributed by atoms with Gasteiger partial charge < -0.3 is 10.6 Å². The van der Waals surface area contributed by atoms with E-state index in [4.69, 9.17) is 0 Å². The Bertz CT molecular complexity index is 761. The SMILES string of the molecule is CC(C)N(C)[C@@H]1CCCC[C@H]1NC(=O)c1cccc(C(=O)N[C@@H]2CCCC[C@H]2N(C)C(C)C)c1. The zero-order valence-electron chi connectivity index (χ0n) is 22.1. The number of hydrogen-bond donors (Lipinski definition) is 2. The molecule has 1 aromatic rings. The van der Waals surface area contributed by atoms with Gasteiger partial charge in [-0.1, -0.05) is 31.7 Å². The molecule has 0 unspecified atom stereocenters. The normalized spacial score (nSPS) is 25.7. The van der Waals surface area contributed by atoms with E-state index in [1.807, 2.05) is 18.2 Å². The first-order valence-electron chi connectivity index (χ1n) is 13.3. The molecule has 0 saturated heterocycles. The molecule has 2 aliphatic rings. The van der Waals surface area contributed by atoms with Gasteiger partial charge in [-0.15, -0.1) is 0 Å². The summed E-state index contributed by atoms with van der Waals surface area (Å²) in [5.41, 5.74) is 1.12. The van der Waals surface area contributed by atoms with Crippen LogP contribution < -0.4 is 10.6 Å². The minimum Gasteiger partial charge on any atom is -0.348 e. The van der Waals surface area contributed by atoms with E-state index in [9.17, 15) is 9.59 Å². The maximum absolute atomic E-state index is 13.2. The zero-order chi connectivity index (χ0) is 24.8. The lowest BCUT2D eigenvalue weighted by Crippen LogP contribution is -2.54. The fourth-order valence-corrected chi connectivity index (χ4v) is 5.61. The summed E-state index contributed by atoms with van der Waals surface area (Å²) in [6.45, 7) is 8.80. The van der Waals surface area contributed by atoms with Crippen molar-refractivity contribution < 1.29 is 9.59 Å². The van der Waals surface area contributed by atoms with Gasteiger partial charge in [-0.25, -0.2) is 0 Å². The van der Waals surface area contributed by atoms with Gasteiger partial charge in [-0.2, -0.15) is 0 Å². The molecule has 2 saturated carbocycles. The third-order valence-corrected chi connectivity index (χ3v) is 8.15. The number of carbonyl (C=O) groups excluding carboxylic acids is 2. The van der Waals surface area contributed by atoms with Crippen LogP contribution in [0.3, 0.4) is 0 Å². The fraction of sp³-hybridized carbons (Fsp3) is 0.714. The Hall–Kier alpha value is -1.92. The number of nitrogens with zero attached hydrogens (tertiary/aromatic N) is 2. The Balaban J connectivity index is 1.67. The smallest absolute Gasteiger partial charge is 0.251 e. The molecule has 6 heteroatoms. The molecule has 2 amide bonds. The number of amides is 2. The van der Waals surface area contributed by atoms with Crippen LogP contribution in [0.15, 0.2) is 24.3 Å². The molecule has 2 fully saturated rings. The van der Waals surface area contributed by atoms with E-state index >= 15 is 0 Å². The third kappa shape index (κ3) is 6.60. The van der Waals surface area contributed by atoms with Crippen molar-refractivity contribution in [3.05, 3.63) is 35.4 Å². The monoisotopic (exact) mass is 470 g/mol. The number of carbonyl (C=O) groups is 2. The number of hydrogen-bond acceptors (Lipinski definition) is 4. The average Bonchev–Trinajstić information content (AvgIpc) is 2.83. The predicted octanol–water partition coefficient (Wildman–Crippen LogP) is 4.45. The van der Waals surface area contributed by atoms with Crippen molar-refractivity contribution >= 4 is 11.8 Å². The molecule has 0 aliphatic heterocycles. The zero-order valence-corrected chi connectivity index (χ0v) is 22.1. The minimum atomic E-state index is -0.0845. The van der Waals surface area contributed by atoms with Gasteiger partial charge in [0.2, 0.25) is 0 Å². The van der Waals surface area contributed by atoms with Crippen LogP contribution in [0.25, 0.3) is 0 Å². The van der Waals surface area contributed by atoms with Crippen molar-refractivity contribution in [1.29, 1.82) is 0 Å². The predicted molar refractivity (Wildman–Crippen MR) is 139 cm³/mol. The van der Waals surface area contributed by atoms with Crippen molar-refractivity contribution in [1.82, 2.24) is 20.4 Å². The van der Waals surface area contributed by atoms with Crippen molar-refractivity contribution in [2.24, 2.45) is 0 Å². The molecule has 0 bridgehead atoms. The summed E-state index contributed by atoms with van der Waals surface area (Å²) >= 11 is 0. The molecule has 0 spiro atoms. The molecule has 0 aromatic heterocycles. The van der Waals surface area contributed by atoms with Gasteiger partial charge >= 0.3 is 0 Å². The van der Waals surface area contributed by atoms with Gasteiger partial charge in [-0.05, 0) is 85.7 Å². The summed E-state index contributed by atoms with van der Waals surface area (Å²) in [6.07, 6.45) is 8.91. The number of benzene rings is 1. The van der Waals surface area contributed by atoms with E-state index in [-0.39, 0.29) is 23.9 Å². The third-order valence-electron chi connectivity index (χ3n) is 8.15. The summed E-state index contributed by atoms with van der Waals surface area (Å²) in [6, 6.07) is 9.05. The second-order valence-electron chi connectivity index (χ2n) is 11.0.